The highest BCUT2D eigenvalue weighted by molar-refractivity contribution is 5.79. The number of halogens is 2. The maximum absolute atomic E-state index is 13.5. The zero-order chi connectivity index (χ0) is 15.2. The molecular weight excluding hydrogens is 276 g/mol. The van der Waals surface area contributed by atoms with Gasteiger partial charge in [0.2, 0.25) is 5.91 Å². The molecule has 0 aliphatic heterocycles. The van der Waals surface area contributed by atoms with E-state index in [1.165, 1.54) is 6.07 Å². The lowest BCUT2D eigenvalue weighted by molar-refractivity contribution is -0.121. The van der Waals surface area contributed by atoms with E-state index in [0.29, 0.717) is 0 Å². The molecule has 2 atom stereocenters. The van der Waals surface area contributed by atoms with Crippen molar-refractivity contribution in [1.82, 2.24) is 5.32 Å². The summed E-state index contributed by atoms with van der Waals surface area (Å²) < 4.78 is 27.1. The number of hydrogen-bond acceptors (Lipinski definition) is 2. The molecule has 2 unspecified atom stereocenters. The summed E-state index contributed by atoms with van der Waals surface area (Å²) in [5, 5.41) is 12.2. The van der Waals surface area contributed by atoms with Crippen molar-refractivity contribution in [2.24, 2.45) is 5.92 Å². The molecule has 0 aromatic heterocycles. The maximum Gasteiger partial charge on any atom is 0.224 e. The molecule has 1 aliphatic rings. The number of hydrogen-bond donors (Lipinski definition) is 2. The summed E-state index contributed by atoms with van der Waals surface area (Å²) in [4.78, 5) is 12.0. The van der Waals surface area contributed by atoms with Crippen molar-refractivity contribution in [2.45, 2.75) is 44.6 Å². The lowest BCUT2D eigenvalue weighted by Crippen LogP contribution is -2.42. The predicted octanol–water partition coefficient (Wildman–Crippen LogP) is 2.56. The molecule has 1 amide bonds. The van der Waals surface area contributed by atoms with Crippen LogP contribution >= 0.6 is 0 Å². The SMILES string of the molecule is O=C(Cc1c(F)cccc1F)NC1CCCCCC1CO. The van der Waals surface area contributed by atoms with E-state index in [-0.39, 0.29) is 30.6 Å². The zero-order valence-electron chi connectivity index (χ0n) is 11.9. The Labute approximate surface area is 123 Å². The van der Waals surface area contributed by atoms with E-state index in [9.17, 15) is 18.7 Å². The van der Waals surface area contributed by atoms with E-state index in [0.717, 1.165) is 44.2 Å². The molecule has 1 fully saturated rings. The largest absolute Gasteiger partial charge is 0.396 e. The highest BCUT2D eigenvalue weighted by atomic mass is 19.1. The van der Waals surface area contributed by atoms with Crippen molar-refractivity contribution < 1.29 is 18.7 Å². The maximum atomic E-state index is 13.5. The third-order valence-electron chi connectivity index (χ3n) is 4.14. The molecule has 0 spiro atoms. The zero-order valence-corrected chi connectivity index (χ0v) is 11.9. The van der Waals surface area contributed by atoms with Gasteiger partial charge in [0.15, 0.2) is 0 Å². The van der Waals surface area contributed by atoms with Gasteiger partial charge in [-0.15, -0.1) is 0 Å². The van der Waals surface area contributed by atoms with Crippen molar-refractivity contribution in [3.8, 4) is 0 Å². The van der Waals surface area contributed by atoms with Gasteiger partial charge in [-0.25, -0.2) is 8.78 Å². The van der Waals surface area contributed by atoms with E-state index in [1.807, 2.05) is 0 Å². The van der Waals surface area contributed by atoms with Crippen LogP contribution in [0.2, 0.25) is 0 Å². The van der Waals surface area contributed by atoms with Crippen LogP contribution in [0, 0.1) is 17.6 Å². The topological polar surface area (TPSA) is 49.3 Å². The minimum absolute atomic E-state index is 0.0268. The lowest BCUT2D eigenvalue weighted by atomic mass is 9.95. The summed E-state index contributed by atoms with van der Waals surface area (Å²) in [5.41, 5.74) is -0.204. The molecule has 0 radical (unpaired) electrons. The molecule has 1 saturated carbocycles. The summed E-state index contributed by atoms with van der Waals surface area (Å²) in [5.74, 6) is -1.78. The van der Waals surface area contributed by atoms with Crippen molar-refractivity contribution >= 4 is 5.91 Å². The number of aliphatic hydroxyl groups is 1. The average Bonchev–Trinajstić information content (AvgIpc) is 2.68. The number of benzene rings is 1. The van der Waals surface area contributed by atoms with E-state index >= 15 is 0 Å². The molecule has 21 heavy (non-hydrogen) atoms. The Hall–Kier alpha value is -1.49. The third kappa shape index (κ3) is 4.24. The monoisotopic (exact) mass is 297 g/mol. The predicted molar refractivity (Wildman–Crippen MR) is 75.7 cm³/mol. The standard InChI is InChI=1S/C16H21F2NO2/c17-13-6-4-7-14(18)12(13)9-16(21)19-15-8-3-1-2-5-11(15)10-20/h4,6-7,11,15,20H,1-3,5,8-10H2,(H,19,21). The molecular formula is C16H21F2NO2. The number of rotatable bonds is 4. The Morgan fingerprint density at radius 3 is 2.52 bits per heavy atom. The second-order valence-electron chi connectivity index (χ2n) is 5.63. The minimum atomic E-state index is -0.704. The van der Waals surface area contributed by atoms with Crippen LogP contribution in [0.4, 0.5) is 8.78 Å². The van der Waals surface area contributed by atoms with E-state index in [4.69, 9.17) is 0 Å². The van der Waals surface area contributed by atoms with Gasteiger partial charge in [-0.05, 0) is 25.0 Å². The van der Waals surface area contributed by atoms with Crippen molar-refractivity contribution in [3.05, 3.63) is 35.4 Å². The number of carbonyl (C=O) groups is 1. The molecule has 2 N–H and O–H groups in total. The molecule has 0 heterocycles. The van der Waals surface area contributed by atoms with Crippen LogP contribution in [-0.4, -0.2) is 23.7 Å². The van der Waals surface area contributed by atoms with E-state index in [1.54, 1.807) is 0 Å². The smallest absolute Gasteiger partial charge is 0.224 e. The molecule has 0 saturated heterocycles. The Kier molecular flexibility index (Phi) is 5.67. The summed E-state index contributed by atoms with van der Waals surface area (Å²) >= 11 is 0. The molecule has 1 aromatic rings. The Bertz CT molecular complexity index is 473. The first-order chi connectivity index (χ1) is 10.1. The van der Waals surface area contributed by atoms with Crippen LogP contribution in [-0.2, 0) is 11.2 Å². The van der Waals surface area contributed by atoms with Crippen LogP contribution in [0.1, 0.15) is 37.7 Å². The van der Waals surface area contributed by atoms with Crippen LogP contribution in [0.25, 0.3) is 0 Å². The molecule has 3 nitrogen and oxygen atoms in total. The first-order valence-electron chi connectivity index (χ1n) is 7.45. The fourth-order valence-corrected chi connectivity index (χ4v) is 2.91. The molecule has 5 heteroatoms. The van der Waals surface area contributed by atoms with E-state index in [2.05, 4.69) is 5.32 Å². The van der Waals surface area contributed by atoms with Crippen LogP contribution in [0.3, 0.4) is 0 Å². The molecule has 2 rings (SSSR count). The number of amides is 1. The third-order valence-corrected chi connectivity index (χ3v) is 4.14. The summed E-state index contributed by atoms with van der Waals surface area (Å²) in [6, 6.07) is 3.46. The van der Waals surface area contributed by atoms with Crippen LogP contribution in [0.5, 0.6) is 0 Å². The lowest BCUT2D eigenvalue weighted by Gasteiger charge is -2.24. The Morgan fingerprint density at radius 2 is 1.86 bits per heavy atom. The fourth-order valence-electron chi connectivity index (χ4n) is 2.91. The van der Waals surface area contributed by atoms with Gasteiger partial charge in [-0.2, -0.15) is 0 Å². The highest BCUT2D eigenvalue weighted by Crippen LogP contribution is 2.23. The van der Waals surface area contributed by atoms with Crippen molar-refractivity contribution in [1.29, 1.82) is 0 Å². The Balaban J connectivity index is 2.00. The Morgan fingerprint density at radius 1 is 1.19 bits per heavy atom. The minimum Gasteiger partial charge on any atom is -0.396 e. The van der Waals surface area contributed by atoms with Gasteiger partial charge in [-0.1, -0.05) is 25.3 Å². The first-order valence-corrected chi connectivity index (χ1v) is 7.45. The highest BCUT2D eigenvalue weighted by Gasteiger charge is 2.25. The summed E-state index contributed by atoms with van der Waals surface area (Å²) in [7, 11) is 0. The quantitative estimate of drug-likeness (QED) is 0.839. The van der Waals surface area contributed by atoms with Gasteiger partial charge in [0.05, 0.1) is 6.42 Å². The normalized spacial score (nSPS) is 22.6. The van der Waals surface area contributed by atoms with Crippen molar-refractivity contribution in [2.75, 3.05) is 6.61 Å². The van der Waals surface area contributed by atoms with Gasteiger partial charge in [-0.3, -0.25) is 4.79 Å². The van der Waals surface area contributed by atoms with Gasteiger partial charge < -0.3 is 10.4 Å². The number of nitrogens with one attached hydrogen (secondary N) is 1. The second-order valence-corrected chi connectivity index (χ2v) is 5.63. The van der Waals surface area contributed by atoms with Crippen LogP contribution in [0.15, 0.2) is 18.2 Å². The van der Waals surface area contributed by atoms with Gasteiger partial charge >= 0.3 is 0 Å². The number of carbonyl (C=O) groups excluding carboxylic acids is 1. The second kappa shape index (κ2) is 7.50. The number of aliphatic hydroxyl groups excluding tert-OH is 1. The van der Waals surface area contributed by atoms with Crippen LogP contribution < -0.4 is 5.32 Å². The molecule has 1 aromatic carbocycles. The molecule has 1 aliphatic carbocycles. The van der Waals surface area contributed by atoms with Gasteiger partial charge in [0, 0.05) is 24.1 Å². The average molecular weight is 297 g/mol. The summed E-state index contributed by atoms with van der Waals surface area (Å²) in [6.45, 7) is 0.0268. The van der Waals surface area contributed by atoms with E-state index < -0.39 is 17.5 Å². The van der Waals surface area contributed by atoms with Gasteiger partial charge in [0.1, 0.15) is 11.6 Å². The summed E-state index contributed by atoms with van der Waals surface area (Å²) in [6.07, 6.45) is 4.49. The first kappa shape index (κ1) is 15.9. The van der Waals surface area contributed by atoms with Gasteiger partial charge in [0.25, 0.3) is 0 Å². The molecule has 0 bridgehead atoms. The molecule has 116 valence electrons. The fraction of sp³-hybridized carbons (Fsp3) is 0.562. The van der Waals surface area contributed by atoms with Crippen molar-refractivity contribution in [3.63, 3.8) is 0 Å².